The van der Waals surface area contributed by atoms with Crippen molar-refractivity contribution in [3.8, 4) is 0 Å². The molecule has 1 atom stereocenters. The molecule has 0 aromatic rings. The highest BCUT2D eigenvalue weighted by molar-refractivity contribution is 5.83. The van der Waals surface area contributed by atoms with Crippen molar-refractivity contribution < 1.29 is 4.79 Å². The van der Waals surface area contributed by atoms with Gasteiger partial charge in [0.1, 0.15) is 0 Å². The predicted octanol–water partition coefficient (Wildman–Crippen LogP) is 0.0945. The van der Waals surface area contributed by atoms with E-state index in [0.717, 1.165) is 6.54 Å². The topological polar surface area (TPSA) is 20.3 Å². The Bertz CT molecular complexity index is 90.3. The first-order valence-corrected chi connectivity index (χ1v) is 2.47. The summed E-state index contributed by atoms with van der Waals surface area (Å²) in [5.41, 5.74) is 0. The molecule has 7 heavy (non-hydrogen) atoms. The van der Waals surface area contributed by atoms with Crippen LogP contribution in [0.4, 0.5) is 0 Å². The van der Waals surface area contributed by atoms with Crippen LogP contribution in [0.25, 0.3) is 0 Å². The first-order valence-electron chi connectivity index (χ1n) is 2.47. The molecule has 0 aromatic heterocycles. The minimum Gasteiger partial charge on any atom is -0.345 e. The lowest BCUT2D eigenvalue weighted by molar-refractivity contribution is -0.144. The van der Waals surface area contributed by atoms with Crippen LogP contribution in [0.1, 0.15) is 6.92 Å². The van der Waals surface area contributed by atoms with Crippen LogP contribution in [-0.4, -0.2) is 24.4 Å². The molecule has 40 valence electrons. The minimum atomic E-state index is 0.278. The van der Waals surface area contributed by atoms with E-state index in [2.05, 4.69) is 0 Å². The Balaban J connectivity index is 2.44. The molecule has 1 unspecified atom stereocenters. The summed E-state index contributed by atoms with van der Waals surface area (Å²) in [6.07, 6.45) is 0. The molecular formula is C5H9NO. The van der Waals surface area contributed by atoms with Crippen molar-refractivity contribution in [1.82, 2.24) is 4.90 Å². The second-order valence-corrected chi connectivity index (χ2v) is 2.12. The number of nitrogens with zero attached hydrogens (tertiary/aromatic N) is 1. The molecule has 1 aliphatic rings. The van der Waals surface area contributed by atoms with Gasteiger partial charge in [-0.05, 0) is 0 Å². The average molecular weight is 99.1 g/mol. The fraction of sp³-hybridized carbons (Fsp3) is 0.800. The molecule has 0 aliphatic carbocycles. The first-order chi connectivity index (χ1) is 3.22. The van der Waals surface area contributed by atoms with E-state index in [0.29, 0.717) is 5.92 Å². The Hall–Kier alpha value is -0.530. The molecule has 0 bridgehead atoms. The summed E-state index contributed by atoms with van der Waals surface area (Å²) in [7, 11) is 1.82. The molecular weight excluding hydrogens is 90.1 g/mol. The molecule has 0 N–H and O–H groups in total. The van der Waals surface area contributed by atoms with Crippen LogP contribution in [-0.2, 0) is 4.79 Å². The van der Waals surface area contributed by atoms with E-state index in [1.54, 1.807) is 4.90 Å². The van der Waals surface area contributed by atoms with Crippen LogP contribution in [0.15, 0.2) is 0 Å². The second-order valence-electron chi connectivity index (χ2n) is 2.12. The third-order valence-corrected chi connectivity index (χ3v) is 1.35. The molecule has 1 aliphatic heterocycles. The van der Waals surface area contributed by atoms with Crippen molar-refractivity contribution in [2.75, 3.05) is 13.6 Å². The van der Waals surface area contributed by atoms with Gasteiger partial charge in [0.05, 0.1) is 5.92 Å². The van der Waals surface area contributed by atoms with Gasteiger partial charge in [0, 0.05) is 13.6 Å². The summed E-state index contributed by atoms with van der Waals surface area (Å²) in [5.74, 6) is 0.574. The molecule has 0 radical (unpaired) electrons. The standard InChI is InChI=1S/C5H9NO/c1-4-3-6(2)5(4)7/h4H,3H2,1-2H3. The zero-order valence-corrected chi connectivity index (χ0v) is 4.64. The Labute approximate surface area is 43.1 Å². The van der Waals surface area contributed by atoms with E-state index in [9.17, 15) is 4.79 Å². The van der Waals surface area contributed by atoms with E-state index in [1.165, 1.54) is 0 Å². The molecule has 2 nitrogen and oxygen atoms in total. The zero-order chi connectivity index (χ0) is 5.44. The average Bonchev–Trinajstić information content (AvgIpc) is 1.68. The smallest absolute Gasteiger partial charge is 0.226 e. The largest absolute Gasteiger partial charge is 0.345 e. The Morgan fingerprint density at radius 2 is 2.43 bits per heavy atom. The number of likely N-dealkylation sites (tertiary alicyclic amines) is 1. The quantitative estimate of drug-likeness (QED) is 0.394. The number of hydrogen-bond donors (Lipinski definition) is 0. The lowest BCUT2D eigenvalue weighted by Crippen LogP contribution is -2.48. The van der Waals surface area contributed by atoms with Gasteiger partial charge < -0.3 is 4.90 Å². The molecule has 1 fully saturated rings. The maximum atomic E-state index is 10.5. The van der Waals surface area contributed by atoms with Gasteiger partial charge >= 0.3 is 0 Å². The summed E-state index contributed by atoms with van der Waals surface area (Å²) >= 11 is 0. The SMILES string of the molecule is CC1CN(C)C1=O. The summed E-state index contributed by atoms with van der Waals surface area (Å²) in [6.45, 7) is 2.89. The van der Waals surface area contributed by atoms with Gasteiger partial charge in [-0.1, -0.05) is 6.92 Å². The zero-order valence-electron chi connectivity index (χ0n) is 4.64. The molecule has 1 rings (SSSR count). The van der Waals surface area contributed by atoms with Crippen LogP contribution >= 0.6 is 0 Å². The van der Waals surface area contributed by atoms with Crippen LogP contribution in [0.5, 0.6) is 0 Å². The molecule has 0 spiro atoms. The van der Waals surface area contributed by atoms with Gasteiger partial charge in [-0.3, -0.25) is 4.79 Å². The lowest BCUT2D eigenvalue weighted by atomic mass is 10.0. The van der Waals surface area contributed by atoms with Crippen molar-refractivity contribution in [1.29, 1.82) is 0 Å². The molecule has 2 heteroatoms. The highest BCUT2D eigenvalue weighted by Gasteiger charge is 2.28. The van der Waals surface area contributed by atoms with Gasteiger partial charge in [-0.15, -0.1) is 0 Å². The highest BCUT2D eigenvalue weighted by atomic mass is 16.2. The van der Waals surface area contributed by atoms with Gasteiger partial charge in [-0.25, -0.2) is 0 Å². The van der Waals surface area contributed by atoms with Crippen molar-refractivity contribution in [2.24, 2.45) is 5.92 Å². The fourth-order valence-electron chi connectivity index (χ4n) is 0.843. The van der Waals surface area contributed by atoms with Gasteiger partial charge in [0.25, 0.3) is 0 Å². The predicted molar refractivity (Wildman–Crippen MR) is 26.8 cm³/mol. The van der Waals surface area contributed by atoms with Gasteiger partial charge in [0.15, 0.2) is 0 Å². The molecule has 1 heterocycles. The number of hydrogen-bond acceptors (Lipinski definition) is 1. The van der Waals surface area contributed by atoms with E-state index in [4.69, 9.17) is 0 Å². The summed E-state index contributed by atoms with van der Waals surface area (Å²) < 4.78 is 0. The molecule has 1 amide bonds. The third-order valence-electron chi connectivity index (χ3n) is 1.35. The van der Waals surface area contributed by atoms with E-state index < -0.39 is 0 Å². The van der Waals surface area contributed by atoms with Crippen LogP contribution in [0, 0.1) is 5.92 Å². The Morgan fingerprint density at radius 3 is 2.43 bits per heavy atom. The first kappa shape index (κ1) is 4.62. The van der Waals surface area contributed by atoms with Gasteiger partial charge in [-0.2, -0.15) is 0 Å². The number of amides is 1. The Kier molecular flexibility index (Phi) is 0.805. The maximum absolute atomic E-state index is 10.5. The van der Waals surface area contributed by atoms with E-state index in [1.807, 2.05) is 14.0 Å². The van der Waals surface area contributed by atoms with Crippen LogP contribution < -0.4 is 0 Å². The second kappa shape index (κ2) is 1.22. The van der Waals surface area contributed by atoms with E-state index >= 15 is 0 Å². The van der Waals surface area contributed by atoms with Gasteiger partial charge in [0.2, 0.25) is 5.91 Å². The van der Waals surface area contributed by atoms with Crippen molar-refractivity contribution in [2.45, 2.75) is 6.92 Å². The number of rotatable bonds is 0. The number of β-lactam (4-membered cyclic amide) rings is 1. The van der Waals surface area contributed by atoms with Crippen LogP contribution in [0.3, 0.4) is 0 Å². The monoisotopic (exact) mass is 99.1 g/mol. The summed E-state index contributed by atoms with van der Waals surface area (Å²) in [6, 6.07) is 0. The fourth-order valence-corrected chi connectivity index (χ4v) is 0.843. The third kappa shape index (κ3) is 0.501. The highest BCUT2D eigenvalue weighted by Crippen LogP contribution is 2.12. The lowest BCUT2D eigenvalue weighted by Gasteiger charge is -2.32. The Morgan fingerprint density at radius 1 is 1.86 bits per heavy atom. The maximum Gasteiger partial charge on any atom is 0.226 e. The molecule has 0 saturated carbocycles. The summed E-state index contributed by atoms with van der Waals surface area (Å²) in [4.78, 5) is 12.2. The van der Waals surface area contributed by atoms with Crippen molar-refractivity contribution in [3.05, 3.63) is 0 Å². The number of carbonyl (C=O) groups excluding carboxylic acids is 1. The summed E-state index contributed by atoms with van der Waals surface area (Å²) in [5, 5.41) is 0. The minimum absolute atomic E-state index is 0.278. The molecule has 1 saturated heterocycles. The van der Waals surface area contributed by atoms with Crippen molar-refractivity contribution in [3.63, 3.8) is 0 Å². The number of carbonyl (C=O) groups is 1. The van der Waals surface area contributed by atoms with Crippen LogP contribution in [0.2, 0.25) is 0 Å². The van der Waals surface area contributed by atoms with Crippen molar-refractivity contribution >= 4 is 5.91 Å². The molecule has 0 aromatic carbocycles. The normalized spacial score (nSPS) is 30.3. The van der Waals surface area contributed by atoms with E-state index in [-0.39, 0.29) is 5.91 Å².